The lowest BCUT2D eigenvalue weighted by molar-refractivity contribution is 0.0764. The molecule has 1 aliphatic rings. The summed E-state index contributed by atoms with van der Waals surface area (Å²) in [5, 5.41) is 13.4. The van der Waals surface area contributed by atoms with Crippen molar-refractivity contribution < 1.29 is 9.90 Å². The van der Waals surface area contributed by atoms with Crippen molar-refractivity contribution in [1.82, 2.24) is 14.7 Å². The van der Waals surface area contributed by atoms with E-state index in [1.807, 2.05) is 14.0 Å². The molecule has 1 N–H and O–H groups in total. The Balaban J connectivity index is 2.18. The zero-order valence-electron chi connectivity index (χ0n) is 8.97. The van der Waals surface area contributed by atoms with E-state index in [0.717, 1.165) is 5.69 Å². The predicted molar refractivity (Wildman–Crippen MR) is 54.5 cm³/mol. The van der Waals surface area contributed by atoms with Crippen LogP contribution in [0.15, 0.2) is 6.20 Å². The van der Waals surface area contributed by atoms with Gasteiger partial charge in [0.25, 0.3) is 5.91 Å². The average Bonchev–Trinajstić information content (AvgIpc) is 2.75. The summed E-state index contributed by atoms with van der Waals surface area (Å²) in [6, 6.07) is 0. The van der Waals surface area contributed by atoms with Crippen LogP contribution in [-0.4, -0.2) is 44.9 Å². The van der Waals surface area contributed by atoms with Crippen LogP contribution in [-0.2, 0) is 7.05 Å². The molecule has 82 valence electrons. The highest BCUT2D eigenvalue weighted by Gasteiger charge is 2.27. The Morgan fingerprint density at radius 1 is 1.67 bits per heavy atom. The molecule has 1 amide bonds. The highest BCUT2D eigenvalue weighted by Crippen LogP contribution is 2.15. The van der Waals surface area contributed by atoms with Gasteiger partial charge < -0.3 is 10.0 Å². The number of amides is 1. The number of carbonyl (C=O) groups is 1. The van der Waals surface area contributed by atoms with Gasteiger partial charge in [-0.05, 0) is 13.3 Å². The molecule has 1 atom stereocenters. The Morgan fingerprint density at radius 2 is 2.40 bits per heavy atom. The van der Waals surface area contributed by atoms with Crippen molar-refractivity contribution in [3.63, 3.8) is 0 Å². The van der Waals surface area contributed by atoms with Crippen LogP contribution in [0.1, 0.15) is 22.5 Å². The molecular weight excluding hydrogens is 194 g/mol. The molecule has 5 nitrogen and oxygen atoms in total. The van der Waals surface area contributed by atoms with Crippen LogP contribution >= 0.6 is 0 Å². The Labute approximate surface area is 88.3 Å². The lowest BCUT2D eigenvalue weighted by Gasteiger charge is -2.14. The molecule has 1 unspecified atom stereocenters. The zero-order valence-corrected chi connectivity index (χ0v) is 8.97. The number of hydrogen-bond acceptors (Lipinski definition) is 3. The van der Waals surface area contributed by atoms with Gasteiger partial charge in [-0.1, -0.05) is 0 Å². The number of β-amino-alcohol motifs (C(OH)–C–C–N with tert-alkyl or cyclic N) is 1. The molecule has 0 aliphatic carbocycles. The second kappa shape index (κ2) is 3.66. The number of aromatic nitrogens is 2. The molecule has 0 saturated carbocycles. The standard InChI is InChI=1S/C10H15N3O2/c1-7-9(5-11-12(7)2)10(15)13-4-3-8(14)6-13/h5,8,14H,3-4,6H2,1-2H3. The number of aryl methyl sites for hydroxylation is 1. The minimum absolute atomic E-state index is 0.0304. The number of aliphatic hydroxyl groups is 1. The van der Waals surface area contributed by atoms with E-state index in [2.05, 4.69) is 5.10 Å². The van der Waals surface area contributed by atoms with Crippen LogP contribution in [0.5, 0.6) is 0 Å². The van der Waals surface area contributed by atoms with E-state index in [0.29, 0.717) is 25.1 Å². The normalized spacial score (nSPS) is 21.0. The van der Waals surface area contributed by atoms with Gasteiger partial charge in [-0.25, -0.2) is 0 Å². The second-order valence-electron chi connectivity index (χ2n) is 3.96. The fraction of sp³-hybridized carbons (Fsp3) is 0.600. The summed E-state index contributed by atoms with van der Waals surface area (Å²) in [4.78, 5) is 13.7. The van der Waals surface area contributed by atoms with Gasteiger partial charge in [-0.15, -0.1) is 0 Å². The first-order valence-corrected chi connectivity index (χ1v) is 5.05. The first kappa shape index (κ1) is 10.2. The molecule has 0 radical (unpaired) electrons. The third-order valence-corrected chi connectivity index (χ3v) is 2.92. The van der Waals surface area contributed by atoms with E-state index in [-0.39, 0.29) is 12.0 Å². The van der Waals surface area contributed by atoms with E-state index >= 15 is 0 Å². The lowest BCUT2D eigenvalue weighted by atomic mass is 10.2. The first-order chi connectivity index (χ1) is 7.09. The third-order valence-electron chi connectivity index (χ3n) is 2.92. The molecule has 1 aromatic rings. The van der Waals surface area contributed by atoms with Crippen LogP contribution in [0.3, 0.4) is 0 Å². The quantitative estimate of drug-likeness (QED) is 0.704. The highest BCUT2D eigenvalue weighted by molar-refractivity contribution is 5.95. The molecule has 1 fully saturated rings. The third kappa shape index (κ3) is 1.74. The summed E-state index contributed by atoms with van der Waals surface area (Å²) >= 11 is 0. The van der Waals surface area contributed by atoms with Crippen molar-refractivity contribution in [3.8, 4) is 0 Å². The number of nitrogens with zero attached hydrogens (tertiary/aromatic N) is 3. The van der Waals surface area contributed by atoms with Crippen molar-refractivity contribution in [3.05, 3.63) is 17.5 Å². The van der Waals surface area contributed by atoms with Gasteiger partial charge in [0.2, 0.25) is 0 Å². The highest BCUT2D eigenvalue weighted by atomic mass is 16.3. The van der Waals surface area contributed by atoms with Gasteiger partial charge in [-0.3, -0.25) is 9.48 Å². The van der Waals surface area contributed by atoms with Gasteiger partial charge in [0.05, 0.1) is 17.9 Å². The number of aliphatic hydroxyl groups excluding tert-OH is 1. The number of carbonyl (C=O) groups excluding carboxylic acids is 1. The Kier molecular flexibility index (Phi) is 2.48. The van der Waals surface area contributed by atoms with Crippen molar-refractivity contribution in [2.24, 2.45) is 7.05 Å². The summed E-state index contributed by atoms with van der Waals surface area (Å²) in [7, 11) is 1.81. The molecule has 15 heavy (non-hydrogen) atoms. The van der Waals surface area contributed by atoms with Gasteiger partial charge in [0.15, 0.2) is 0 Å². The summed E-state index contributed by atoms with van der Waals surface area (Å²) in [5.74, 6) is -0.0304. The number of hydrogen-bond donors (Lipinski definition) is 1. The molecule has 5 heteroatoms. The SMILES string of the molecule is Cc1c(C(=O)N2CCC(O)C2)cnn1C. The Bertz CT molecular complexity index is 386. The van der Waals surface area contributed by atoms with E-state index in [9.17, 15) is 9.90 Å². The van der Waals surface area contributed by atoms with Gasteiger partial charge in [0.1, 0.15) is 0 Å². The van der Waals surface area contributed by atoms with Crippen LogP contribution in [0.2, 0.25) is 0 Å². The van der Waals surface area contributed by atoms with Crippen LogP contribution in [0.25, 0.3) is 0 Å². The minimum atomic E-state index is -0.370. The van der Waals surface area contributed by atoms with Gasteiger partial charge >= 0.3 is 0 Å². The van der Waals surface area contributed by atoms with Crippen molar-refractivity contribution in [2.45, 2.75) is 19.4 Å². The maximum atomic E-state index is 12.0. The van der Waals surface area contributed by atoms with Crippen LogP contribution in [0, 0.1) is 6.92 Å². The molecular formula is C10H15N3O2. The van der Waals surface area contributed by atoms with Crippen LogP contribution in [0.4, 0.5) is 0 Å². The van der Waals surface area contributed by atoms with E-state index < -0.39 is 0 Å². The summed E-state index contributed by atoms with van der Waals surface area (Å²) in [6.07, 6.45) is 1.89. The Hall–Kier alpha value is -1.36. The topological polar surface area (TPSA) is 58.4 Å². The minimum Gasteiger partial charge on any atom is -0.391 e. The monoisotopic (exact) mass is 209 g/mol. The predicted octanol–water partition coefficient (Wildman–Crippen LogP) is -0.0647. The fourth-order valence-electron chi connectivity index (χ4n) is 1.81. The summed E-state index contributed by atoms with van der Waals surface area (Å²) in [5.41, 5.74) is 1.49. The number of likely N-dealkylation sites (tertiary alicyclic amines) is 1. The summed E-state index contributed by atoms with van der Waals surface area (Å²) in [6.45, 7) is 2.94. The van der Waals surface area contributed by atoms with Crippen molar-refractivity contribution >= 4 is 5.91 Å². The molecule has 2 heterocycles. The van der Waals surface area contributed by atoms with Crippen LogP contribution < -0.4 is 0 Å². The lowest BCUT2D eigenvalue weighted by Crippen LogP contribution is -2.29. The molecule has 1 aliphatic heterocycles. The summed E-state index contributed by atoms with van der Waals surface area (Å²) < 4.78 is 1.68. The van der Waals surface area contributed by atoms with Crippen molar-refractivity contribution in [2.75, 3.05) is 13.1 Å². The van der Waals surface area contributed by atoms with E-state index in [4.69, 9.17) is 0 Å². The average molecular weight is 209 g/mol. The van der Waals surface area contributed by atoms with Crippen molar-refractivity contribution in [1.29, 1.82) is 0 Å². The van der Waals surface area contributed by atoms with E-state index in [1.165, 1.54) is 0 Å². The molecule has 2 rings (SSSR count). The Morgan fingerprint density at radius 3 is 2.87 bits per heavy atom. The number of rotatable bonds is 1. The maximum absolute atomic E-state index is 12.0. The molecule has 1 saturated heterocycles. The molecule has 1 aromatic heterocycles. The van der Waals surface area contributed by atoms with Gasteiger partial charge in [0, 0.05) is 25.8 Å². The largest absolute Gasteiger partial charge is 0.391 e. The zero-order chi connectivity index (χ0) is 11.0. The second-order valence-corrected chi connectivity index (χ2v) is 3.96. The molecule has 0 bridgehead atoms. The fourth-order valence-corrected chi connectivity index (χ4v) is 1.81. The maximum Gasteiger partial charge on any atom is 0.257 e. The van der Waals surface area contributed by atoms with Gasteiger partial charge in [-0.2, -0.15) is 5.10 Å². The van der Waals surface area contributed by atoms with E-state index in [1.54, 1.807) is 15.8 Å². The smallest absolute Gasteiger partial charge is 0.257 e. The first-order valence-electron chi connectivity index (χ1n) is 5.05. The molecule has 0 spiro atoms. The molecule has 0 aromatic carbocycles.